The van der Waals surface area contributed by atoms with E-state index in [0.29, 0.717) is 10.8 Å². The van der Waals surface area contributed by atoms with Crippen LogP contribution in [0.25, 0.3) is 0 Å². The highest BCUT2D eigenvalue weighted by molar-refractivity contribution is 7.15. The summed E-state index contributed by atoms with van der Waals surface area (Å²) in [6.45, 7) is 5.82. The summed E-state index contributed by atoms with van der Waals surface area (Å²) in [4.78, 5) is 17.5. The van der Waals surface area contributed by atoms with Crippen molar-refractivity contribution in [3.63, 3.8) is 0 Å². The van der Waals surface area contributed by atoms with Crippen molar-refractivity contribution in [3.8, 4) is 6.07 Å². The highest BCUT2D eigenvalue weighted by atomic mass is 32.1. The lowest BCUT2D eigenvalue weighted by atomic mass is 10.2. The second-order valence-electron chi connectivity index (χ2n) is 4.80. The minimum Gasteiger partial charge on any atom is -0.337 e. The molecule has 0 fully saturated rings. The van der Waals surface area contributed by atoms with E-state index < -0.39 is 5.91 Å². The van der Waals surface area contributed by atoms with Gasteiger partial charge in [0.15, 0.2) is 5.13 Å². The fraction of sp³-hybridized carbons (Fsp3) is 0.188. The number of hydrogen-bond acceptors (Lipinski definition) is 5. The van der Waals surface area contributed by atoms with Crippen LogP contribution in [0.1, 0.15) is 16.1 Å². The molecule has 2 rings (SSSR count). The molecule has 112 valence electrons. The summed E-state index contributed by atoms with van der Waals surface area (Å²) in [5.74, 6) is -0.453. The van der Waals surface area contributed by atoms with E-state index in [9.17, 15) is 4.79 Å². The fourth-order valence-electron chi connectivity index (χ4n) is 1.74. The Labute approximate surface area is 133 Å². The predicted molar refractivity (Wildman–Crippen MR) is 88.7 cm³/mol. The highest BCUT2D eigenvalue weighted by Gasteiger charge is 2.10. The molecule has 0 saturated heterocycles. The van der Waals surface area contributed by atoms with Crippen molar-refractivity contribution in [1.29, 1.82) is 5.26 Å². The van der Waals surface area contributed by atoms with E-state index in [1.807, 2.05) is 45.0 Å². The molecular weight excluding hydrogens is 296 g/mol. The zero-order valence-corrected chi connectivity index (χ0v) is 13.4. The molecule has 0 radical (unpaired) electrons. The summed E-state index contributed by atoms with van der Waals surface area (Å²) in [6, 6.07) is 9.29. The number of anilines is 2. The maximum atomic E-state index is 12.1. The average molecular weight is 312 g/mol. The Hall–Kier alpha value is -2.65. The molecule has 1 heterocycles. The first-order chi connectivity index (χ1) is 10.5. The number of carbonyl (C=O) groups is 1. The van der Waals surface area contributed by atoms with Gasteiger partial charge in [-0.25, -0.2) is 4.98 Å². The first kappa shape index (κ1) is 15.7. The van der Waals surface area contributed by atoms with Crippen LogP contribution in [0.2, 0.25) is 0 Å². The second-order valence-corrected chi connectivity index (χ2v) is 6.00. The minimum atomic E-state index is -0.453. The molecule has 5 nitrogen and oxygen atoms in total. The number of nitrogens with one attached hydrogen (secondary N) is 2. The molecule has 0 atom stereocenters. The number of rotatable bonds is 4. The first-order valence-electron chi connectivity index (χ1n) is 6.68. The largest absolute Gasteiger partial charge is 0.337 e. The van der Waals surface area contributed by atoms with Crippen molar-refractivity contribution >= 4 is 28.1 Å². The van der Waals surface area contributed by atoms with Gasteiger partial charge in [-0.1, -0.05) is 12.1 Å². The normalized spacial score (nSPS) is 10.9. The van der Waals surface area contributed by atoms with Crippen LogP contribution in [0.3, 0.4) is 0 Å². The van der Waals surface area contributed by atoms with Gasteiger partial charge in [-0.05, 0) is 38.5 Å². The van der Waals surface area contributed by atoms with Gasteiger partial charge in [0.2, 0.25) is 0 Å². The predicted octanol–water partition coefficient (Wildman–Crippen LogP) is 3.53. The van der Waals surface area contributed by atoms with Crippen molar-refractivity contribution in [3.05, 3.63) is 52.2 Å². The van der Waals surface area contributed by atoms with Crippen LogP contribution in [0.15, 0.2) is 36.0 Å². The lowest BCUT2D eigenvalue weighted by Crippen LogP contribution is -2.14. The van der Waals surface area contributed by atoms with Gasteiger partial charge in [-0.3, -0.25) is 4.79 Å². The van der Waals surface area contributed by atoms with Gasteiger partial charge in [0.1, 0.15) is 11.6 Å². The van der Waals surface area contributed by atoms with Crippen molar-refractivity contribution < 1.29 is 4.79 Å². The van der Waals surface area contributed by atoms with Gasteiger partial charge in [0.05, 0.1) is 5.69 Å². The number of hydrogen-bond donors (Lipinski definition) is 2. The third kappa shape index (κ3) is 3.93. The maximum absolute atomic E-state index is 12.1. The molecule has 0 unspecified atom stereocenters. The molecule has 1 amide bonds. The molecule has 0 saturated carbocycles. The van der Waals surface area contributed by atoms with Gasteiger partial charge in [-0.2, -0.15) is 5.26 Å². The van der Waals surface area contributed by atoms with E-state index in [0.717, 1.165) is 16.1 Å². The standard InChI is InChI=1S/C16H16N4OS/c1-10-5-4-6-14(7-10)20-15(21)13(8-17)9-18-16-19-11(2)12(3)22-16/h4-7,9H,1-3H3,(H,18,19)(H,20,21)/b13-9-. The Morgan fingerprint density at radius 3 is 2.73 bits per heavy atom. The molecule has 0 aliphatic rings. The van der Waals surface area contributed by atoms with E-state index in [4.69, 9.17) is 5.26 Å². The number of aromatic nitrogens is 1. The van der Waals surface area contributed by atoms with Crippen molar-refractivity contribution in [1.82, 2.24) is 4.98 Å². The molecule has 1 aromatic carbocycles. The van der Waals surface area contributed by atoms with Gasteiger partial charge >= 0.3 is 0 Å². The lowest BCUT2D eigenvalue weighted by molar-refractivity contribution is -0.112. The van der Waals surface area contributed by atoms with Gasteiger partial charge in [0, 0.05) is 16.8 Å². The minimum absolute atomic E-state index is 0.00740. The van der Waals surface area contributed by atoms with Crippen LogP contribution < -0.4 is 10.6 Å². The molecule has 0 bridgehead atoms. The number of thiazole rings is 1. The number of aryl methyl sites for hydroxylation is 3. The Kier molecular flexibility index (Phi) is 4.92. The van der Waals surface area contributed by atoms with Crippen LogP contribution in [-0.4, -0.2) is 10.9 Å². The Bertz CT molecular complexity index is 751. The molecule has 0 aliphatic heterocycles. The fourth-order valence-corrected chi connectivity index (χ4v) is 2.52. The molecule has 0 spiro atoms. The van der Waals surface area contributed by atoms with E-state index in [1.54, 1.807) is 6.07 Å². The Balaban J connectivity index is 2.08. The summed E-state index contributed by atoms with van der Waals surface area (Å²) < 4.78 is 0. The van der Waals surface area contributed by atoms with Crippen molar-refractivity contribution in [2.24, 2.45) is 0 Å². The summed E-state index contributed by atoms with van der Waals surface area (Å²) >= 11 is 1.48. The number of carbonyl (C=O) groups excluding carboxylic acids is 1. The number of amides is 1. The van der Waals surface area contributed by atoms with Crippen LogP contribution in [0, 0.1) is 32.1 Å². The molecule has 2 N–H and O–H groups in total. The zero-order valence-electron chi connectivity index (χ0n) is 12.6. The topological polar surface area (TPSA) is 77.8 Å². The highest BCUT2D eigenvalue weighted by Crippen LogP contribution is 2.21. The first-order valence-corrected chi connectivity index (χ1v) is 7.50. The van der Waals surface area contributed by atoms with Gasteiger partial charge < -0.3 is 10.6 Å². The number of nitrogens with zero attached hydrogens (tertiary/aromatic N) is 2. The average Bonchev–Trinajstić information content (AvgIpc) is 2.78. The maximum Gasteiger partial charge on any atom is 0.267 e. The Morgan fingerprint density at radius 2 is 2.14 bits per heavy atom. The zero-order chi connectivity index (χ0) is 16.1. The third-order valence-corrected chi connectivity index (χ3v) is 4.01. The van der Waals surface area contributed by atoms with Crippen LogP contribution >= 0.6 is 11.3 Å². The summed E-state index contributed by atoms with van der Waals surface area (Å²) in [7, 11) is 0. The lowest BCUT2D eigenvalue weighted by Gasteiger charge is -2.05. The van der Waals surface area contributed by atoms with E-state index in [2.05, 4.69) is 15.6 Å². The van der Waals surface area contributed by atoms with Crippen LogP contribution in [0.5, 0.6) is 0 Å². The molecule has 6 heteroatoms. The van der Waals surface area contributed by atoms with Crippen molar-refractivity contribution in [2.45, 2.75) is 20.8 Å². The summed E-state index contributed by atoms with van der Waals surface area (Å²) in [5, 5.41) is 15.4. The smallest absolute Gasteiger partial charge is 0.267 e. The van der Waals surface area contributed by atoms with Gasteiger partial charge in [-0.15, -0.1) is 11.3 Å². The third-order valence-electron chi connectivity index (χ3n) is 3.01. The molecule has 1 aromatic heterocycles. The molecule has 2 aromatic rings. The second kappa shape index (κ2) is 6.87. The van der Waals surface area contributed by atoms with Crippen molar-refractivity contribution in [2.75, 3.05) is 10.6 Å². The van der Waals surface area contributed by atoms with Crippen LogP contribution in [-0.2, 0) is 4.79 Å². The number of nitriles is 1. The monoisotopic (exact) mass is 312 g/mol. The van der Waals surface area contributed by atoms with Gasteiger partial charge in [0.25, 0.3) is 5.91 Å². The number of benzene rings is 1. The quantitative estimate of drug-likeness (QED) is 0.669. The van der Waals surface area contributed by atoms with E-state index >= 15 is 0 Å². The molecule has 0 aliphatic carbocycles. The SMILES string of the molecule is Cc1cccc(NC(=O)/C(C#N)=C\Nc2nc(C)c(C)s2)c1. The van der Waals surface area contributed by atoms with E-state index in [1.165, 1.54) is 17.5 Å². The van der Waals surface area contributed by atoms with Crippen LogP contribution in [0.4, 0.5) is 10.8 Å². The van der Waals surface area contributed by atoms with E-state index in [-0.39, 0.29) is 5.57 Å². The molecular formula is C16H16N4OS. The Morgan fingerprint density at radius 1 is 1.36 bits per heavy atom. The summed E-state index contributed by atoms with van der Waals surface area (Å²) in [5.41, 5.74) is 2.62. The molecule has 22 heavy (non-hydrogen) atoms. The summed E-state index contributed by atoms with van der Waals surface area (Å²) in [6.07, 6.45) is 1.38.